The fourth-order valence-electron chi connectivity index (χ4n) is 1.92. The molecule has 0 bridgehead atoms. The Hall–Kier alpha value is -2.54. The summed E-state index contributed by atoms with van der Waals surface area (Å²) in [7, 11) is 0. The first-order chi connectivity index (χ1) is 10.0. The Morgan fingerprint density at radius 3 is 2.71 bits per heavy atom. The van der Waals surface area contributed by atoms with E-state index in [9.17, 15) is 14.9 Å². The van der Waals surface area contributed by atoms with Gasteiger partial charge < -0.3 is 4.42 Å². The Morgan fingerprint density at radius 2 is 2.00 bits per heavy atom. The summed E-state index contributed by atoms with van der Waals surface area (Å²) in [5, 5.41) is 11.0. The van der Waals surface area contributed by atoms with Crippen molar-refractivity contribution in [2.45, 2.75) is 0 Å². The lowest BCUT2D eigenvalue weighted by Gasteiger charge is -2.02. The van der Waals surface area contributed by atoms with Crippen LogP contribution in [0.4, 0.5) is 5.69 Å². The fraction of sp³-hybridized carbons (Fsp3) is 0. The molecule has 1 heterocycles. The van der Waals surface area contributed by atoms with Crippen LogP contribution in [0.2, 0.25) is 0 Å². The molecule has 0 saturated heterocycles. The molecule has 104 valence electrons. The number of non-ortho nitro benzene ring substituents is 1. The molecule has 1 aromatic heterocycles. The Morgan fingerprint density at radius 1 is 1.19 bits per heavy atom. The smallest absolute Gasteiger partial charge is 0.347 e. The van der Waals surface area contributed by atoms with Gasteiger partial charge in [-0.15, -0.1) is 0 Å². The molecule has 0 amide bonds. The molecule has 0 unspecified atom stereocenters. The molecule has 0 atom stereocenters. The molecule has 0 saturated carbocycles. The lowest BCUT2D eigenvalue weighted by molar-refractivity contribution is -0.384. The van der Waals surface area contributed by atoms with Gasteiger partial charge in [0.05, 0.1) is 15.8 Å². The summed E-state index contributed by atoms with van der Waals surface area (Å²) in [5.74, 6) is 0.120. The lowest BCUT2D eigenvalue weighted by Crippen LogP contribution is -2.03. The van der Waals surface area contributed by atoms with Crippen LogP contribution in [-0.2, 0) is 0 Å². The molecule has 0 radical (unpaired) electrons. The molecule has 0 aliphatic heterocycles. The van der Waals surface area contributed by atoms with Crippen LogP contribution in [0.15, 0.2) is 56.1 Å². The second kappa shape index (κ2) is 5.10. The van der Waals surface area contributed by atoms with E-state index < -0.39 is 10.5 Å². The summed E-state index contributed by atoms with van der Waals surface area (Å²) in [6, 6.07) is 10.9. The van der Waals surface area contributed by atoms with Gasteiger partial charge in [-0.1, -0.05) is 22.0 Å². The zero-order valence-electron chi connectivity index (χ0n) is 10.4. The van der Waals surface area contributed by atoms with Gasteiger partial charge in [-0.2, -0.15) is 0 Å². The predicted molar refractivity (Wildman–Crippen MR) is 80.1 cm³/mol. The molecule has 21 heavy (non-hydrogen) atoms. The molecular formula is C14H7BrN2O4. The third-order valence-corrected chi connectivity index (χ3v) is 3.39. The maximum Gasteiger partial charge on any atom is 0.347 e. The third kappa shape index (κ3) is 2.55. The highest BCUT2D eigenvalue weighted by Gasteiger charge is 2.13. The number of nitro groups is 1. The second-order valence-corrected chi connectivity index (χ2v) is 5.19. The van der Waals surface area contributed by atoms with E-state index in [0.29, 0.717) is 5.56 Å². The topological polar surface area (TPSA) is 86.2 Å². The van der Waals surface area contributed by atoms with Crippen molar-refractivity contribution in [2.75, 3.05) is 0 Å². The molecule has 2 aromatic carbocycles. The van der Waals surface area contributed by atoms with Crippen molar-refractivity contribution in [1.29, 1.82) is 0 Å². The van der Waals surface area contributed by atoms with Crippen molar-refractivity contribution >= 4 is 32.5 Å². The number of aromatic nitrogens is 1. The van der Waals surface area contributed by atoms with E-state index >= 15 is 0 Å². The zero-order chi connectivity index (χ0) is 15.0. The Labute approximate surface area is 126 Å². The van der Waals surface area contributed by atoms with Gasteiger partial charge in [0.25, 0.3) is 5.69 Å². The lowest BCUT2D eigenvalue weighted by atomic mass is 10.2. The molecule has 6 nitrogen and oxygen atoms in total. The zero-order valence-corrected chi connectivity index (χ0v) is 12.0. The molecule has 0 N–H and O–H groups in total. The minimum absolute atomic E-state index is 0.120. The number of fused-ring (bicyclic) bond motifs is 1. The second-order valence-electron chi connectivity index (χ2n) is 4.28. The molecule has 7 heteroatoms. The summed E-state index contributed by atoms with van der Waals surface area (Å²) in [4.78, 5) is 26.4. The van der Waals surface area contributed by atoms with Crippen LogP contribution in [0.3, 0.4) is 0 Å². The van der Waals surface area contributed by atoms with Crippen molar-refractivity contribution in [1.82, 2.24) is 4.98 Å². The largest absolute Gasteiger partial charge is 0.403 e. The first-order valence-electron chi connectivity index (χ1n) is 5.90. The van der Waals surface area contributed by atoms with Crippen molar-refractivity contribution in [3.63, 3.8) is 0 Å². The van der Waals surface area contributed by atoms with E-state index in [1.807, 2.05) is 6.07 Å². The van der Waals surface area contributed by atoms with Crippen LogP contribution in [0.1, 0.15) is 0 Å². The number of halogens is 1. The fourth-order valence-corrected chi connectivity index (χ4v) is 2.32. The van der Waals surface area contributed by atoms with Gasteiger partial charge in [-0.3, -0.25) is 10.1 Å². The van der Waals surface area contributed by atoms with Crippen molar-refractivity contribution < 1.29 is 9.34 Å². The van der Waals surface area contributed by atoms with Gasteiger partial charge in [-0.25, -0.2) is 9.78 Å². The number of nitro benzene ring substituents is 1. The quantitative estimate of drug-likeness (QED) is 0.523. The summed E-state index contributed by atoms with van der Waals surface area (Å²) in [6.07, 6.45) is 0. The molecule has 3 rings (SSSR count). The minimum Gasteiger partial charge on any atom is -0.403 e. The Kier molecular flexibility index (Phi) is 3.26. The monoisotopic (exact) mass is 346 g/mol. The Balaban J connectivity index is 2.26. The SMILES string of the molecule is O=c1oc(-c2cccc(Br)c2)nc2cc([N+](=O)[O-])ccc12. The molecule has 0 aliphatic rings. The highest BCUT2D eigenvalue weighted by Crippen LogP contribution is 2.23. The van der Waals surface area contributed by atoms with E-state index in [4.69, 9.17) is 4.42 Å². The molecule has 0 fully saturated rings. The van der Waals surface area contributed by atoms with Crippen LogP contribution in [0.25, 0.3) is 22.4 Å². The summed E-state index contributed by atoms with van der Waals surface area (Å²) >= 11 is 3.32. The molecule has 0 aliphatic carbocycles. The van der Waals surface area contributed by atoms with Crippen LogP contribution < -0.4 is 5.63 Å². The third-order valence-electron chi connectivity index (χ3n) is 2.89. The summed E-state index contributed by atoms with van der Waals surface area (Å²) in [6.45, 7) is 0. The van der Waals surface area contributed by atoms with Crippen molar-refractivity contribution in [3.8, 4) is 11.5 Å². The van der Waals surface area contributed by atoms with E-state index in [1.165, 1.54) is 18.2 Å². The van der Waals surface area contributed by atoms with Gasteiger partial charge in [0.2, 0.25) is 5.89 Å². The van der Waals surface area contributed by atoms with E-state index in [0.717, 1.165) is 4.47 Å². The summed E-state index contributed by atoms with van der Waals surface area (Å²) in [5.41, 5.74) is 0.135. The van der Waals surface area contributed by atoms with Gasteiger partial charge in [0.1, 0.15) is 0 Å². The Bertz CT molecular complexity index is 920. The number of hydrogen-bond donors (Lipinski definition) is 0. The highest BCUT2D eigenvalue weighted by atomic mass is 79.9. The van der Waals surface area contributed by atoms with Crippen LogP contribution in [0.5, 0.6) is 0 Å². The molecule has 0 spiro atoms. The highest BCUT2D eigenvalue weighted by molar-refractivity contribution is 9.10. The standard InChI is InChI=1S/C14H7BrN2O4/c15-9-3-1-2-8(6-9)13-16-12-7-10(17(19)20)4-5-11(12)14(18)21-13/h1-7H. The van der Waals surface area contributed by atoms with Crippen molar-refractivity contribution in [2.24, 2.45) is 0 Å². The average molecular weight is 347 g/mol. The summed E-state index contributed by atoms with van der Waals surface area (Å²) < 4.78 is 5.98. The first-order valence-corrected chi connectivity index (χ1v) is 6.69. The predicted octanol–water partition coefficient (Wildman–Crippen LogP) is 3.53. The van der Waals surface area contributed by atoms with Gasteiger partial charge in [-0.05, 0) is 24.3 Å². The molecular weight excluding hydrogens is 340 g/mol. The first kappa shape index (κ1) is 13.4. The normalized spacial score (nSPS) is 10.7. The number of nitrogens with zero attached hydrogens (tertiary/aromatic N) is 2. The average Bonchev–Trinajstić information content (AvgIpc) is 2.46. The number of rotatable bonds is 2. The van der Waals surface area contributed by atoms with Crippen LogP contribution in [0, 0.1) is 10.1 Å². The van der Waals surface area contributed by atoms with E-state index in [-0.39, 0.29) is 22.5 Å². The maximum absolute atomic E-state index is 12.0. The number of benzene rings is 2. The van der Waals surface area contributed by atoms with Crippen LogP contribution in [-0.4, -0.2) is 9.91 Å². The van der Waals surface area contributed by atoms with E-state index in [1.54, 1.807) is 18.2 Å². The van der Waals surface area contributed by atoms with Gasteiger partial charge >= 0.3 is 5.63 Å². The molecule has 3 aromatic rings. The van der Waals surface area contributed by atoms with Gasteiger partial charge in [0, 0.05) is 22.2 Å². The van der Waals surface area contributed by atoms with Crippen LogP contribution >= 0.6 is 15.9 Å². The maximum atomic E-state index is 12.0. The van der Waals surface area contributed by atoms with E-state index in [2.05, 4.69) is 20.9 Å². The van der Waals surface area contributed by atoms with Crippen molar-refractivity contribution in [3.05, 3.63) is 67.5 Å². The minimum atomic E-state index is -0.579. The number of hydrogen-bond acceptors (Lipinski definition) is 5. The van der Waals surface area contributed by atoms with Gasteiger partial charge in [0.15, 0.2) is 0 Å².